The first-order chi connectivity index (χ1) is 8.63. The summed E-state index contributed by atoms with van der Waals surface area (Å²) in [6.07, 6.45) is 1.87. The Hall–Kier alpha value is -0.770. The van der Waals surface area contributed by atoms with E-state index in [0.29, 0.717) is 21.3 Å². The lowest BCUT2D eigenvalue weighted by molar-refractivity contribution is 0.103. The third kappa shape index (κ3) is 2.79. The van der Waals surface area contributed by atoms with Crippen LogP contribution in [0, 0.1) is 0 Å². The molecule has 0 radical (unpaired) electrons. The number of halogens is 3. The molecule has 1 aromatic carbocycles. The average Bonchev–Trinajstić information content (AvgIpc) is 2.77. The number of rotatable bonds is 4. The third-order valence-electron chi connectivity index (χ3n) is 2.56. The number of aryl methyl sites for hydroxylation is 1. The van der Waals surface area contributed by atoms with E-state index in [1.54, 1.807) is 24.3 Å². The van der Waals surface area contributed by atoms with Crippen molar-refractivity contribution in [3.8, 4) is 0 Å². The lowest BCUT2D eigenvalue weighted by atomic mass is 10.1. The largest absolute Gasteiger partial charge is 0.344 e. The summed E-state index contributed by atoms with van der Waals surface area (Å²) in [5.41, 5.74) is 1.09. The van der Waals surface area contributed by atoms with E-state index in [1.165, 1.54) is 0 Å². The maximum absolute atomic E-state index is 12.4. The molecule has 0 N–H and O–H groups in total. The van der Waals surface area contributed by atoms with Crippen LogP contribution >= 0.6 is 39.1 Å². The molecule has 18 heavy (non-hydrogen) atoms. The Bertz CT molecular complexity index is 580. The zero-order chi connectivity index (χ0) is 13.1. The van der Waals surface area contributed by atoms with E-state index < -0.39 is 0 Å². The normalized spacial score (nSPS) is 10.6. The molecule has 0 spiro atoms. The van der Waals surface area contributed by atoms with E-state index in [4.69, 9.17) is 23.2 Å². The molecule has 5 heteroatoms. The summed E-state index contributed by atoms with van der Waals surface area (Å²) in [6, 6.07) is 8.53. The Kier molecular flexibility index (Phi) is 4.49. The lowest BCUT2D eigenvalue weighted by Gasteiger charge is -2.08. The zero-order valence-corrected chi connectivity index (χ0v) is 12.5. The van der Waals surface area contributed by atoms with Gasteiger partial charge in [-0.15, -0.1) is 0 Å². The molecule has 0 aliphatic carbocycles. The van der Waals surface area contributed by atoms with Crippen LogP contribution in [0.4, 0.5) is 0 Å². The second-order valence-electron chi connectivity index (χ2n) is 3.73. The van der Waals surface area contributed by atoms with Crippen LogP contribution in [0.1, 0.15) is 16.1 Å². The molecule has 1 aromatic heterocycles. The van der Waals surface area contributed by atoms with Crippen molar-refractivity contribution in [2.45, 2.75) is 6.54 Å². The molecule has 1 heterocycles. The van der Waals surface area contributed by atoms with Crippen molar-refractivity contribution in [1.82, 2.24) is 4.57 Å². The van der Waals surface area contributed by atoms with Crippen molar-refractivity contribution < 1.29 is 4.79 Å². The molecule has 2 rings (SSSR count). The van der Waals surface area contributed by atoms with Crippen LogP contribution in [0.5, 0.6) is 0 Å². The fraction of sp³-hybridized carbons (Fsp3) is 0.154. The second kappa shape index (κ2) is 5.91. The number of benzene rings is 1. The number of nitrogens with zero attached hydrogens (tertiary/aromatic N) is 1. The number of hydrogen-bond donors (Lipinski definition) is 0. The minimum atomic E-state index is -0.0948. The minimum Gasteiger partial charge on any atom is -0.344 e. The van der Waals surface area contributed by atoms with Gasteiger partial charge in [0, 0.05) is 28.7 Å². The summed E-state index contributed by atoms with van der Waals surface area (Å²) in [5.74, 6) is -0.0948. The molecule has 0 fully saturated rings. The number of ketones is 1. The van der Waals surface area contributed by atoms with Gasteiger partial charge in [-0.05, 0) is 30.3 Å². The number of carbonyl (C=O) groups is 1. The molecule has 2 nitrogen and oxygen atoms in total. The molecular formula is C13H10BrCl2NO. The Labute approximate surface area is 124 Å². The van der Waals surface area contributed by atoms with Gasteiger partial charge in [-0.2, -0.15) is 0 Å². The van der Waals surface area contributed by atoms with Crippen LogP contribution in [-0.2, 0) is 6.54 Å². The monoisotopic (exact) mass is 345 g/mol. The van der Waals surface area contributed by atoms with Crippen LogP contribution in [0.3, 0.4) is 0 Å². The summed E-state index contributed by atoms with van der Waals surface area (Å²) in [5, 5.41) is 1.68. The fourth-order valence-electron chi connectivity index (χ4n) is 1.72. The van der Waals surface area contributed by atoms with Gasteiger partial charge in [0.25, 0.3) is 0 Å². The highest BCUT2D eigenvalue weighted by molar-refractivity contribution is 9.09. The first-order valence-electron chi connectivity index (χ1n) is 5.34. The van der Waals surface area contributed by atoms with E-state index in [2.05, 4.69) is 15.9 Å². The molecule has 0 unspecified atom stereocenters. The van der Waals surface area contributed by atoms with Gasteiger partial charge in [-0.25, -0.2) is 0 Å². The predicted molar refractivity (Wildman–Crippen MR) is 78.1 cm³/mol. The molecule has 0 amide bonds. The molecule has 0 saturated carbocycles. The van der Waals surface area contributed by atoms with Gasteiger partial charge >= 0.3 is 0 Å². The maximum Gasteiger partial charge on any atom is 0.210 e. The van der Waals surface area contributed by atoms with Gasteiger partial charge in [0.2, 0.25) is 5.78 Å². The molecule has 94 valence electrons. The van der Waals surface area contributed by atoms with Crippen molar-refractivity contribution in [2.75, 3.05) is 5.33 Å². The van der Waals surface area contributed by atoms with Crippen molar-refractivity contribution in [3.05, 3.63) is 57.8 Å². The van der Waals surface area contributed by atoms with E-state index in [9.17, 15) is 4.79 Å². The van der Waals surface area contributed by atoms with E-state index in [-0.39, 0.29) is 5.78 Å². The van der Waals surface area contributed by atoms with E-state index in [0.717, 1.165) is 11.9 Å². The van der Waals surface area contributed by atoms with E-state index >= 15 is 0 Å². The second-order valence-corrected chi connectivity index (χ2v) is 5.37. The Morgan fingerprint density at radius 1 is 1.28 bits per heavy atom. The number of carbonyl (C=O) groups excluding carboxylic acids is 1. The molecule has 0 atom stereocenters. The van der Waals surface area contributed by atoms with Crippen molar-refractivity contribution >= 4 is 44.9 Å². The van der Waals surface area contributed by atoms with Crippen LogP contribution in [0.25, 0.3) is 0 Å². The molecule has 0 aliphatic heterocycles. The topological polar surface area (TPSA) is 22.0 Å². The highest BCUT2D eigenvalue weighted by Crippen LogP contribution is 2.23. The van der Waals surface area contributed by atoms with Gasteiger partial charge in [0.15, 0.2) is 0 Å². The van der Waals surface area contributed by atoms with Crippen LogP contribution in [-0.4, -0.2) is 15.7 Å². The number of hydrogen-bond acceptors (Lipinski definition) is 1. The lowest BCUT2D eigenvalue weighted by Crippen LogP contribution is -2.10. The molecule has 2 aromatic rings. The van der Waals surface area contributed by atoms with Crippen molar-refractivity contribution in [2.24, 2.45) is 0 Å². The Balaban J connectivity index is 2.38. The molecular weight excluding hydrogens is 337 g/mol. The summed E-state index contributed by atoms with van der Waals surface area (Å²) in [4.78, 5) is 12.4. The summed E-state index contributed by atoms with van der Waals surface area (Å²) < 4.78 is 1.89. The first kappa shape index (κ1) is 13.7. The maximum atomic E-state index is 12.4. The number of alkyl halides is 1. The van der Waals surface area contributed by atoms with Gasteiger partial charge in [-0.3, -0.25) is 4.79 Å². The van der Waals surface area contributed by atoms with Crippen LogP contribution < -0.4 is 0 Å². The quantitative estimate of drug-likeness (QED) is 0.593. The smallest absolute Gasteiger partial charge is 0.210 e. The van der Waals surface area contributed by atoms with Crippen LogP contribution in [0.2, 0.25) is 10.0 Å². The van der Waals surface area contributed by atoms with Crippen LogP contribution in [0.15, 0.2) is 36.5 Å². The third-order valence-corrected chi connectivity index (χ3v) is 3.47. The van der Waals surface area contributed by atoms with E-state index in [1.807, 2.05) is 16.8 Å². The Morgan fingerprint density at radius 2 is 2.06 bits per heavy atom. The fourth-order valence-corrected chi connectivity index (χ4v) is 2.59. The zero-order valence-electron chi connectivity index (χ0n) is 9.37. The van der Waals surface area contributed by atoms with Crippen molar-refractivity contribution in [1.29, 1.82) is 0 Å². The van der Waals surface area contributed by atoms with Crippen molar-refractivity contribution in [3.63, 3.8) is 0 Å². The van der Waals surface area contributed by atoms with Gasteiger partial charge in [-0.1, -0.05) is 39.1 Å². The summed E-state index contributed by atoms with van der Waals surface area (Å²) in [7, 11) is 0. The highest BCUT2D eigenvalue weighted by atomic mass is 79.9. The standard InChI is InChI=1S/C13H10BrCl2NO/c14-5-7-17-6-1-2-12(17)13(18)10-4-3-9(15)8-11(10)16/h1-4,6,8H,5,7H2. The molecule has 0 aliphatic rings. The molecule has 0 saturated heterocycles. The predicted octanol–water partition coefficient (Wildman–Crippen LogP) is 4.42. The number of aromatic nitrogens is 1. The first-order valence-corrected chi connectivity index (χ1v) is 7.22. The summed E-state index contributed by atoms with van der Waals surface area (Å²) >= 11 is 15.2. The van der Waals surface area contributed by atoms with Gasteiger partial charge < -0.3 is 4.57 Å². The highest BCUT2D eigenvalue weighted by Gasteiger charge is 2.16. The molecule has 0 bridgehead atoms. The van der Waals surface area contributed by atoms with Gasteiger partial charge in [0.1, 0.15) is 0 Å². The summed E-state index contributed by atoms with van der Waals surface area (Å²) in [6.45, 7) is 0.735. The average molecular weight is 347 g/mol. The minimum absolute atomic E-state index is 0.0948. The SMILES string of the molecule is O=C(c1ccc(Cl)cc1Cl)c1cccn1CCBr. The van der Waals surface area contributed by atoms with Gasteiger partial charge in [0.05, 0.1) is 10.7 Å². The Morgan fingerprint density at radius 3 is 2.72 bits per heavy atom.